The molecule has 0 aliphatic rings. The molecule has 0 radical (unpaired) electrons. The molecule has 0 spiro atoms. The van der Waals surface area contributed by atoms with Crippen molar-refractivity contribution >= 4 is 39.5 Å². The second-order valence-electron chi connectivity index (χ2n) is 28.9. The molecule has 17 nitrogen and oxygen atoms in total. The summed E-state index contributed by atoms with van der Waals surface area (Å²) in [5.41, 5.74) is 0. The summed E-state index contributed by atoms with van der Waals surface area (Å²) in [5.74, 6) is 0.147. The second-order valence-corrected chi connectivity index (χ2v) is 31.8. The second kappa shape index (κ2) is 67.5. The monoisotopic (exact) mass is 1410 g/mol. The highest BCUT2D eigenvalue weighted by atomic mass is 31.2. The zero-order chi connectivity index (χ0) is 70.9. The highest BCUT2D eigenvalue weighted by Crippen LogP contribution is 2.45. The van der Waals surface area contributed by atoms with Crippen LogP contribution in [0.25, 0.3) is 0 Å². The summed E-state index contributed by atoms with van der Waals surface area (Å²) in [7, 11) is -9.91. The predicted molar refractivity (Wildman–Crippen MR) is 391 cm³/mol. The van der Waals surface area contributed by atoms with Crippen LogP contribution in [-0.4, -0.2) is 96.7 Å². The molecule has 0 fully saturated rings. The Labute approximate surface area is 588 Å². The van der Waals surface area contributed by atoms with Gasteiger partial charge in [0, 0.05) is 25.7 Å². The van der Waals surface area contributed by atoms with Crippen LogP contribution in [0.1, 0.15) is 395 Å². The van der Waals surface area contributed by atoms with E-state index in [4.69, 9.17) is 37.0 Å². The minimum atomic E-state index is -4.96. The molecule has 0 amide bonds. The van der Waals surface area contributed by atoms with Crippen molar-refractivity contribution in [3.8, 4) is 0 Å². The molecule has 0 bridgehead atoms. The lowest BCUT2D eigenvalue weighted by atomic mass is 10.00. The fourth-order valence-corrected chi connectivity index (χ4v) is 13.3. The van der Waals surface area contributed by atoms with E-state index in [1.54, 1.807) is 0 Å². The Morgan fingerprint density at radius 2 is 0.531 bits per heavy atom. The number of carbonyl (C=O) groups is 4. The van der Waals surface area contributed by atoms with Crippen molar-refractivity contribution in [1.82, 2.24) is 0 Å². The quantitative estimate of drug-likeness (QED) is 0.0222. The van der Waals surface area contributed by atoms with Gasteiger partial charge in [-0.15, -0.1) is 0 Å². The minimum Gasteiger partial charge on any atom is -0.462 e. The third-order valence-electron chi connectivity index (χ3n) is 18.2. The average Bonchev–Trinajstić information content (AvgIpc) is 1.90. The minimum absolute atomic E-state index is 0.105. The topological polar surface area (TPSA) is 237 Å². The number of carbonyl (C=O) groups excluding carboxylic acids is 4. The molecule has 0 aromatic heterocycles. The molecule has 3 unspecified atom stereocenters. The average molecular weight is 1410 g/mol. The normalized spacial score (nSPS) is 14.3. The van der Waals surface area contributed by atoms with Gasteiger partial charge in [0.25, 0.3) is 0 Å². The molecule has 96 heavy (non-hydrogen) atoms. The number of phosphoric acid groups is 2. The maximum atomic E-state index is 13.1. The number of aliphatic hydroxyl groups excluding tert-OH is 1. The summed E-state index contributed by atoms with van der Waals surface area (Å²) >= 11 is 0. The molecule has 0 heterocycles. The molecule has 570 valence electrons. The summed E-state index contributed by atoms with van der Waals surface area (Å²) in [4.78, 5) is 72.9. The Bertz CT molecular complexity index is 1870. The van der Waals surface area contributed by atoms with Crippen molar-refractivity contribution in [2.75, 3.05) is 39.6 Å². The summed E-state index contributed by atoms with van der Waals surface area (Å²) < 4.78 is 68.6. The van der Waals surface area contributed by atoms with E-state index < -0.39 is 97.5 Å². The molecule has 0 aliphatic carbocycles. The van der Waals surface area contributed by atoms with E-state index in [1.807, 2.05) is 0 Å². The van der Waals surface area contributed by atoms with Gasteiger partial charge < -0.3 is 33.8 Å². The highest BCUT2D eigenvalue weighted by molar-refractivity contribution is 7.47. The molecule has 3 N–H and O–H groups in total. The van der Waals surface area contributed by atoms with Gasteiger partial charge in [-0.05, 0) is 43.4 Å². The fourth-order valence-electron chi connectivity index (χ4n) is 11.7. The van der Waals surface area contributed by atoms with Crippen molar-refractivity contribution in [2.24, 2.45) is 17.8 Å². The van der Waals surface area contributed by atoms with E-state index in [0.29, 0.717) is 25.7 Å². The van der Waals surface area contributed by atoms with Crippen LogP contribution in [0.2, 0.25) is 0 Å². The van der Waals surface area contributed by atoms with E-state index in [-0.39, 0.29) is 25.7 Å². The Hall–Kier alpha value is -1.94. The van der Waals surface area contributed by atoms with E-state index in [9.17, 15) is 43.2 Å². The Kier molecular flexibility index (Phi) is 66.2. The van der Waals surface area contributed by atoms with E-state index in [2.05, 4.69) is 48.5 Å². The highest BCUT2D eigenvalue weighted by Gasteiger charge is 2.30. The van der Waals surface area contributed by atoms with Crippen molar-refractivity contribution in [3.63, 3.8) is 0 Å². The molecule has 0 saturated carbocycles. The van der Waals surface area contributed by atoms with Gasteiger partial charge in [0.1, 0.15) is 19.3 Å². The van der Waals surface area contributed by atoms with Gasteiger partial charge in [0.05, 0.1) is 26.4 Å². The maximum absolute atomic E-state index is 13.1. The predicted octanol–water partition coefficient (Wildman–Crippen LogP) is 22.6. The smallest absolute Gasteiger partial charge is 0.462 e. The number of aliphatic hydroxyl groups is 1. The Morgan fingerprint density at radius 3 is 0.792 bits per heavy atom. The SMILES string of the molecule is CCCCCCCCCCCCCCCCCCCCC(=O)O[C@H](COC(=O)CCCCCCCCCCCCCCC(C)C)COP(=O)(O)OC[C@@H](O)COP(=O)(O)OC[C@@H](COC(=O)CCCCCCCCC(C)CC)OC(=O)CCCCCCCCCCCCC(C)C. The molecule has 6 atom stereocenters. The number of unbranched alkanes of at least 4 members (excludes halogenated alkanes) is 42. The van der Waals surface area contributed by atoms with Crippen LogP contribution in [0.4, 0.5) is 0 Å². The van der Waals surface area contributed by atoms with Crippen LogP contribution < -0.4 is 0 Å². The lowest BCUT2D eigenvalue weighted by molar-refractivity contribution is -0.161. The largest absolute Gasteiger partial charge is 0.472 e. The van der Waals surface area contributed by atoms with Crippen molar-refractivity contribution < 1.29 is 80.2 Å². The zero-order valence-electron chi connectivity index (χ0n) is 62.8. The first-order valence-corrected chi connectivity index (χ1v) is 42.9. The number of ether oxygens (including phenoxy) is 4. The first-order chi connectivity index (χ1) is 46.3. The fraction of sp³-hybridized carbons (Fsp3) is 0.948. The van der Waals surface area contributed by atoms with E-state index in [1.165, 1.54) is 199 Å². The summed E-state index contributed by atoms with van der Waals surface area (Å²) in [6, 6.07) is 0. The zero-order valence-corrected chi connectivity index (χ0v) is 64.6. The molecule has 0 aliphatic heterocycles. The lowest BCUT2D eigenvalue weighted by Gasteiger charge is -2.21. The molecular weight excluding hydrogens is 1260 g/mol. The standard InChI is InChI=1S/C77H150O17P2/c1-8-10-11-12-13-14-15-16-17-18-19-20-21-26-32-37-46-53-60-76(81)93-72(64-87-74(79)58-51-44-36-31-25-23-22-24-29-34-41-48-55-68(3)4)66-91-95(83,84)89-62-71(78)63-90-96(85,86)92-67-73(65-88-75(80)59-52-45-40-39-43-50-57-70(7)9-2)94-77(82)61-54-47-38-33-28-27-30-35-42-49-56-69(5)6/h68-73,78H,8-67H2,1-7H3,(H,83,84)(H,85,86)/t70?,71-,72-,73-/m1/s1. The lowest BCUT2D eigenvalue weighted by Crippen LogP contribution is -2.30. The van der Waals surface area contributed by atoms with Crippen LogP contribution in [0, 0.1) is 17.8 Å². The van der Waals surface area contributed by atoms with Crippen LogP contribution in [0.15, 0.2) is 0 Å². The molecule has 0 aromatic carbocycles. The maximum Gasteiger partial charge on any atom is 0.472 e. The number of rotatable bonds is 75. The van der Waals surface area contributed by atoms with E-state index in [0.717, 1.165) is 114 Å². The van der Waals surface area contributed by atoms with Crippen molar-refractivity contribution in [2.45, 2.75) is 414 Å². The Morgan fingerprint density at radius 1 is 0.302 bits per heavy atom. The summed E-state index contributed by atoms with van der Waals surface area (Å²) in [6.07, 6.45) is 54.1. The van der Waals surface area contributed by atoms with Crippen LogP contribution in [-0.2, 0) is 65.4 Å². The van der Waals surface area contributed by atoms with Gasteiger partial charge in [0.2, 0.25) is 0 Å². The summed E-state index contributed by atoms with van der Waals surface area (Å²) in [5, 5.41) is 10.6. The van der Waals surface area contributed by atoms with Crippen LogP contribution >= 0.6 is 15.6 Å². The molecule has 0 aromatic rings. The van der Waals surface area contributed by atoms with Gasteiger partial charge in [-0.25, -0.2) is 9.13 Å². The number of hydrogen-bond donors (Lipinski definition) is 3. The number of esters is 4. The van der Waals surface area contributed by atoms with Gasteiger partial charge in [-0.2, -0.15) is 0 Å². The van der Waals surface area contributed by atoms with Crippen molar-refractivity contribution in [3.05, 3.63) is 0 Å². The van der Waals surface area contributed by atoms with Crippen LogP contribution in [0.5, 0.6) is 0 Å². The van der Waals surface area contributed by atoms with Gasteiger partial charge in [-0.3, -0.25) is 37.3 Å². The number of phosphoric ester groups is 2. The van der Waals surface area contributed by atoms with Crippen molar-refractivity contribution in [1.29, 1.82) is 0 Å². The molecule has 19 heteroatoms. The molecule has 0 rings (SSSR count). The van der Waals surface area contributed by atoms with Crippen LogP contribution in [0.3, 0.4) is 0 Å². The Balaban J connectivity index is 5.25. The first-order valence-electron chi connectivity index (χ1n) is 39.9. The first kappa shape index (κ1) is 94.1. The van der Waals surface area contributed by atoms with Gasteiger partial charge >= 0.3 is 39.5 Å². The third-order valence-corrected chi connectivity index (χ3v) is 20.1. The molecule has 0 saturated heterocycles. The third kappa shape index (κ3) is 69.2. The summed E-state index contributed by atoms with van der Waals surface area (Å²) in [6.45, 7) is 11.9. The molecular formula is C77H150O17P2. The van der Waals surface area contributed by atoms with Gasteiger partial charge in [0.15, 0.2) is 12.2 Å². The van der Waals surface area contributed by atoms with E-state index >= 15 is 0 Å². The van der Waals surface area contributed by atoms with Gasteiger partial charge in [-0.1, -0.05) is 344 Å². The number of hydrogen-bond acceptors (Lipinski definition) is 15.